The zero-order valence-electron chi connectivity index (χ0n) is 8.50. The highest BCUT2D eigenvalue weighted by Gasteiger charge is 2.26. The van der Waals surface area contributed by atoms with E-state index in [2.05, 4.69) is 10.2 Å². The first-order valence-corrected chi connectivity index (χ1v) is 5.38. The summed E-state index contributed by atoms with van der Waals surface area (Å²) in [4.78, 5) is 13.6. The van der Waals surface area contributed by atoms with Gasteiger partial charge in [0.1, 0.15) is 0 Å². The predicted molar refractivity (Wildman–Crippen MR) is 58.7 cm³/mol. The fourth-order valence-electron chi connectivity index (χ4n) is 2.40. The summed E-state index contributed by atoms with van der Waals surface area (Å²) in [7, 11) is 0. The van der Waals surface area contributed by atoms with Crippen molar-refractivity contribution in [1.82, 2.24) is 10.2 Å². The summed E-state index contributed by atoms with van der Waals surface area (Å²) < 4.78 is 0. The standard InChI is InChI=1S/C10H18N2O.ClH/c13-10-8-11-6-7-12(10)9-4-2-1-3-5-9;/h9,11H,1-8H2;1H. The number of nitrogens with one attached hydrogen (secondary N) is 1. The van der Waals surface area contributed by atoms with Gasteiger partial charge >= 0.3 is 0 Å². The molecule has 14 heavy (non-hydrogen) atoms. The number of hydrogen-bond acceptors (Lipinski definition) is 2. The molecule has 0 unspecified atom stereocenters. The number of carbonyl (C=O) groups excluding carboxylic acids is 1. The van der Waals surface area contributed by atoms with Gasteiger partial charge in [0.2, 0.25) is 5.91 Å². The van der Waals surface area contributed by atoms with Crippen LogP contribution in [0.3, 0.4) is 0 Å². The molecule has 3 nitrogen and oxygen atoms in total. The van der Waals surface area contributed by atoms with Gasteiger partial charge < -0.3 is 10.2 Å². The van der Waals surface area contributed by atoms with E-state index in [1.165, 1.54) is 32.1 Å². The van der Waals surface area contributed by atoms with E-state index in [0.717, 1.165) is 13.1 Å². The Morgan fingerprint density at radius 2 is 1.93 bits per heavy atom. The zero-order chi connectivity index (χ0) is 9.10. The first kappa shape index (κ1) is 11.8. The van der Waals surface area contributed by atoms with Gasteiger partial charge in [0.25, 0.3) is 0 Å². The molecule has 1 aliphatic carbocycles. The van der Waals surface area contributed by atoms with Crippen molar-refractivity contribution in [3.05, 3.63) is 0 Å². The van der Waals surface area contributed by atoms with E-state index in [-0.39, 0.29) is 12.4 Å². The number of halogens is 1. The van der Waals surface area contributed by atoms with Gasteiger partial charge in [-0.1, -0.05) is 19.3 Å². The van der Waals surface area contributed by atoms with Crippen LogP contribution in [0, 0.1) is 0 Å². The van der Waals surface area contributed by atoms with Gasteiger partial charge in [-0.2, -0.15) is 0 Å². The minimum absolute atomic E-state index is 0. The van der Waals surface area contributed by atoms with Gasteiger partial charge in [0.05, 0.1) is 6.54 Å². The molecule has 1 saturated heterocycles. The van der Waals surface area contributed by atoms with Crippen molar-refractivity contribution in [1.29, 1.82) is 0 Å². The molecule has 1 amide bonds. The van der Waals surface area contributed by atoms with Gasteiger partial charge in [0.15, 0.2) is 0 Å². The van der Waals surface area contributed by atoms with Crippen molar-refractivity contribution >= 4 is 18.3 Å². The maximum absolute atomic E-state index is 11.6. The molecule has 0 aromatic carbocycles. The van der Waals surface area contributed by atoms with Gasteiger partial charge in [-0.3, -0.25) is 4.79 Å². The fraction of sp³-hybridized carbons (Fsp3) is 0.900. The Bertz CT molecular complexity index is 193. The lowest BCUT2D eigenvalue weighted by Gasteiger charge is -2.37. The third-order valence-electron chi connectivity index (χ3n) is 3.14. The molecule has 0 aromatic rings. The molecule has 4 heteroatoms. The fourth-order valence-corrected chi connectivity index (χ4v) is 2.40. The first-order chi connectivity index (χ1) is 6.38. The maximum Gasteiger partial charge on any atom is 0.236 e. The van der Waals surface area contributed by atoms with E-state index < -0.39 is 0 Å². The van der Waals surface area contributed by atoms with Crippen molar-refractivity contribution in [2.75, 3.05) is 19.6 Å². The van der Waals surface area contributed by atoms with E-state index in [1.807, 2.05) is 0 Å². The van der Waals surface area contributed by atoms with Crippen LogP contribution in [0.15, 0.2) is 0 Å². The molecular formula is C10H19ClN2O. The lowest BCUT2D eigenvalue weighted by atomic mass is 9.94. The van der Waals surface area contributed by atoms with Crippen molar-refractivity contribution in [3.8, 4) is 0 Å². The summed E-state index contributed by atoms with van der Waals surface area (Å²) in [6.07, 6.45) is 6.43. The summed E-state index contributed by atoms with van der Waals surface area (Å²) in [5.41, 5.74) is 0. The molecule has 0 atom stereocenters. The Hall–Kier alpha value is -0.280. The molecule has 2 rings (SSSR count). The molecule has 0 bridgehead atoms. The van der Waals surface area contributed by atoms with Crippen LogP contribution in [0.4, 0.5) is 0 Å². The van der Waals surface area contributed by atoms with Gasteiger partial charge in [-0.25, -0.2) is 0 Å². The second kappa shape index (κ2) is 5.56. The summed E-state index contributed by atoms with van der Waals surface area (Å²) in [6.45, 7) is 2.45. The van der Waals surface area contributed by atoms with E-state index in [1.54, 1.807) is 0 Å². The SMILES string of the molecule is Cl.O=C1CNCCN1C1CCCCC1. The Morgan fingerprint density at radius 3 is 2.57 bits per heavy atom. The minimum Gasteiger partial charge on any atom is -0.337 e. The summed E-state index contributed by atoms with van der Waals surface area (Å²) >= 11 is 0. The number of rotatable bonds is 1. The topological polar surface area (TPSA) is 32.3 Å². The van der Waals surface area contributed by atoms with E-state index in [0.29, 0.717) is 18.5 Å². The molecular weight excluding hydrogens is 200 g/mol. The van der Waals surface area contributed by atoms with Crippen molar-refractivity contribution in [3.63, 3.8) is 0 Å². The van der Waals surface area contributed by atoms with Crippen molar-refractivity contribution < 1.29 is 4.79 Å². The van der Waals surface area contributed by atoms with E-state index >= 15 is 0 Å². The highest BCUT2D eigenvalue weighted by molar-refractivity contribution is 5.85. The summed E-state index contributed by atoms with van der Waals surface area (Å²) in [5.74, 6) is 0.304. The van der Waals surface area contributed by atoms with Crippen LogP contribution in [-0.4, -0.2) is 36.5 Å². The molecule has 0 radical (unpaired) electrons. The van der Waals surface area contributed by atoms with Crippen molar-refractivity contribution in [2.45, 2.75) is 38.1 Å². The second-order valence-electron chi connectivity index (χ2n) is 4.06. The molecule has 0 aromatic heterocycles. The molecule has 1 saturated carbocycles. The molecule has 1 N–H and O–H groups in total. The Kier molecular flexibility index (Phi) is 4.69. The number of nitrogens with zero attached hydrogens (tertiary/aromatic N) is 1. The van der Waals surface area contributed by atoms with Crippen LogP contribution in [0.5, 0.6) is 0 Å². The number of hydrogen-bond donors (Lipinski definition) is 1. The third kappa shape index (κ3) is 2.61. The van der Waals surface area contributed by atoms with Crippen LogP contribution in [0.25, 0.3) is 0 Å². The number of amides is 1. The molecule has 2 aliphatic rings. The van der Waals surface area contributed by atoms with Gasteiger partial charge in [-0.15, -0.1) is 12.4 Å². The van der Waals surface area contributed by atoms with E-state index in [9.17, 15) is 4.79 Å². The molecule has 1 heterocycles. The molecule has 2 fully saturated rings. The highest BCUT2D eigenvalue weighted by Crippen LogP contribution is 2.22. The summed E-state index contributed by atoms with van der Waals surface area (Å²) in [6, 6.07) is 0.559. The van der Waals surface area contributed by atoms with Crippen LogP contribution in [-0.2, 0) is 4.79 Å². The van der Waals surface area contributed by atoms with Crippen molar-refractivity contribution in [2.24, 2.45) is 0 Å². The Balaban J connectivity index is 0.000000980. The molecule has 0 spiro atoms. The van der Waals surface area contributed by atoms with Crippen LogP contribution < -0.4 is 5.32 Å². The first-order valence-electron chi connectivity index (χ1n) is 5.38. The average Bonchev–Trinajstić information content (AvgIpc) is 2.20. The molecule has 1 aliphatic heterocycles. The lowest BCUT2D eigenvalue weighted by Crippen LogP contribution is -2.52. The lowest BCUT2D eigenvalue weighted by molar-refractivity contribution is -0.135. The highest BCUT2D eigenvalue weighted by atomic mass is 35.5. The average molecular weight is 219 g/mol. The third-order valence-corrected chi connectivity index (χ3v) is 3.14. The zero-order valence-corrected chi connectivity index (χ0v) is 9.31. The molecule has 82 valence electrons. The quantitative estimate of drug-likeness (QED) is 0.717. The number of piperazine rings is 1. The van der Waals surface area contributed by atoms with Gasteiger partial charge in [-0.05, 0) is 12.8 Å². The Morgan fingerprint density at radius 1 is 1.21 bits per heavy atom. The van der Waals surface area contributed by atoms with Crippen LogP contribution in [0.1, 0.15) is 32.1 Å². The monoisotopic (exact) mass is 218 g/mol. The van der Waals surface area contributed by atoms with E-state index in [4.69, 9.17) is 0 Å². The smallest absolute Gasteiger partial charge is 0.236 e. The number of carbonyl (C=O) groups is 1. The minimum atomic E-state index is 0. The van der Waals surface area contributed by atoms with Crippen LogP contribution in [0.2, 0.25) is 0 Å². The second-order valence-corrected chi connectivity index (χ2v) is 4.06. The summed E-state index contributed by atoms with van der Waals surface area (Å²) in [5, 5.41) is 3.11. The Labute approximate surface area is 91.6 Å². The maximum atomic E-state index is 11.6. The normalized spacial score (nSPS) is 24.6. The largest absolute Gasteiger partial charge is 0.337 e. The van der Waals surface area contributed by atoms with Crippen LogP contribution >= 0.6 is 12.4 Å². The predicted octanol–water partition coefficient (Wildman–Crippen LogP) is 1.17. The van der Waals surface area contributed by atoms with Gasteiger partial charge in [0, 0.05) is 19.1 Å².